The summed E-state index contributed by atoms with van der Waals surface area (Å²) in [6, 6.07) is 1.65. The van der Waals surface area contributed by atoms with Gasteiger partial charge in [0.15, 0.2) is 0 Å². The number of rotatable bonds is 4. The molecule has 1 aliphatic rings. The zero-order chi connectivity index (χ0) is 15.4. The number of carbonyl (C=O) groups excluding carboxylic acids is 1. The van der Waals surface area contributed by atoms with Crippen molar-refractivity contribution in [2.45, 2.75) is 20.3 Å². The monoisotopic (exact) mass is 288 g/mol. The highest BCUT2D eigenvalue weighted by Crippen LogP contribution is 2.25. The van der Waals surface area contributed by atoms with E-state index in [4.69, 9.17) is 5.11 Å². The van der Waals surface area contributed by atoms with Gasteiger partial charge in [0, 0.05) is 42.7 Å². The van der Waals surface area contributed by atoms with Crippen molar-refractivity contribution in [2.75, 3.05) is 13.1 Å². The summed E-state index contributed by atoms with van der Waals surface area (Å²) in [5.74, 6) is 0.00398. The topological polar surface area (TPSA) is 70.5 Å². The van der Waals surface area contributed by atoms with Crippen LogP contribution in [0.4, 0.5) is 0 Å². The Labute approximate surface area is 124 Å². The lowest BCUT2D eigenvalue weighted by Crippen LogP contribution is -2.29. The van der Waals surface area contributed by atoms with E-state index >= 15 is 0 Å². The van der Waals surface area contributed by atoms with Crippen LogP contribution in [0.5, 0.6) is 0 Å². The van der Waals surface area contributed by atoms with Gasteiger partial charge in [-0.15, -0.1) is 0 Å². The van der Waals surface area contributed by atoms with Crippen molar-refractivity contribution in [3.8, 4) is 0 Å². The van der Waals surface area contributed by atoms with Crippen LogP contribution in [0.15, 0.2) is 24.5 Å². The van der Waals surface area contributed by atoms with E-state index in [0.29, 0.717) is 23.0 Å². The van der Waals surface area contributed by atoms with Gasteiger partial charge < -0.3 is 10.0 Å². The number of carbonyl (C=O) groups is 2. The van der Waals surface area contributed by atoms with Gasteiger partial charge in [0.1, 0.15) is 0 Å². The zero-order valence-corrected chi connectivity index (χ0v) is 12.3. The average Bonchev–Trinajstić information content (AvgIpc) is 2.94. The molecule has 1 aliphatic heterocycles. The fourth-order valence-electron chi connectivity index (χ4n) is 2.58. The van der Waals surface area contributed by atoms with Crippen LogP contribution in [0.1, 0.15) is 36.2 Å². The second kappa shape index (κ2) is 6.52. The Hall–Kier alpha value is -2.17. The first-order chi connectivity index (χ1) is 9.99. The van der Waals surface area contributed by atoms with Crippen molar-refractivity contribution in [1.82, 2.24) is 9.88 Å². The molecule has 0 aliphatic carbocycles. The molecule has 0 saturated carbocycles. The Bertz CT molecular complexity index is 566. The summed E-state index contributed by atoms with van der Waals surface area (Å²) in [6.07, 6.45) is 6.53. The van der Waals surface area contributed by atoms with Crippen molar-refractivity contribution in [3.05, 3.63) is 35.7 Å². The number of hydrogen-bond donors (Lipinski definition) is 1. The van der Waals surface area contributed by atoms with Crippen molar-refractivity contribution in [3.63, 3.8) is 0 Å². The summed E-state index contributed by atoms with van der Waals surface area (Å²) >= 11 is 0. The number of carboxylic acid groups (broad SMARTS) is 1. The number of nitrogens with zero attached hydrogens (tertiary/aromatic N) is 2. The number of aliphatic carboxylic acids is 1. The molecule has 0 bridgehead atoms. The number of hydrogen-bond acceptors (Lipinski definition) is 3. The summed E-state index contributed by atoms with van der Waals surface area (Å²) in [4.78, 5) is 29.0. The van der Waals surface area contributed by atoms with Crippen LogP contribution in [-0.2, 0) is 4.79 Å². The van der Waals surface area contributed by atoms with Crippen LogP contribution in [0.3, 0.4) is 0 Å². The van der Waals surface area contributed by atoms with Crippen molar-refractivity contribution in [1.29, 1.82) is 0 Å². The Morgan fingerprint density at radius 1 is 1.48 bits per heavy atom. The Morgan fingerprint density at radius 2 is 2.24 bits per heavy atom. The fourth-order valence-corrected chi connectivity index (χ4v) is 2.58. The van der Waals surface area contributed by atoms with Gasteiger partial charge in [-0.25, -0.2) is 4.79 Å². The van der Waals surface area contributed by atoms with Crippen LogP contribution < -0.4 is 0 Å². The normalized spacial score (nSPS) is 18.6. The molecule has 1 aromatic heterocycles. The molecule has 1 unspecified atom stereocenters. The van der Waals surface area contributed by atoms with Crippen LogP contribution in [-0.4, -0.2) is 40.0 Å². The first-order valence-electron chi connectivity index (χ1n) is 7.13. The highest BCUT2D eigenvalue weighted by Gasteiger charge is 2.29. The molecular formula is C16H20N2O3. The molecule has 0 radical (unpaired) electrons. The molecule has 2 rings (SSSR count). The van der Waals surface area contributed by atoms with Crippen LogP contribution in [0.2, 0.25) is 0 Å². The highest BCUT2D eigenvalue weighted by molar-refractivity contribution is 5.98. The third kappa shape index (κ3) is 3.68. The number of carboxylic acids is 1. The van der Waals surface area contributed by atoms with Gasteiger partial charge >= 0.3 is 5.97 Å². The van der Waals surface area contributed by atoms with E-state index < -0.39 is 5.97 Å². The molecule has 1 saturated heterocycles. The summed E-state index contributed by atoms with van der Waals surface area (Å²) < 4.78 is 0. The van der Waals surface area contributed by atoms with Gasteiger partial charge in [-0.05, 0) is 30.4 Å². The summed E-state index contributed by atoms with van der Waals surface area (Å²) in [5.41, 5.74) is 1.05. The average molecular weight is 288 g/mol. The van der Waals surface area contributed by atoms with E-state index in [0.717, 1.165) is 25.6 Å². The molecule has 5 heteroatoms. The van der Waals surface area contributed by atoms with E-state index in [1.54, 1.807) is 12.3 Å². The molecule has 1 fully saturated rings. The van der Waals surface area contributed by atoms with Crippen LogP contribution >= 0.6 is 0 Å². The quantitative estimate of drug-likeness (QED) is 0.863. The minimum absolute atomic E-state index is 0.0504. The predicted molar refractivity (Wildman–Crippen MR) is 79.8 cm³/mol. The third-order valence-corrected chi connectivity index (χ3v) is 3.94. The maximum absolute atomic E-state index is 12.6. The molecule has 2 heterocycles. The standard InChI is InChI=1S/C16H20N2O3/c1-11(2)13-6-8-18(10-13)16(21)14-5-7-17-9-12(14)3-4-15(19)20/h3-5,7,9,11,13H,6,8,10H2,1-2H3,(H,19,20)/b4-3+. The predicted octanol–water partition coefficient (Wildman–Crippen LogP) is 2.30. The van der Waals surface area contributed by atoms with Gasteiger partial charge in [0.25, 0.3) is 5.91 Å². The van der Waals surface area contributed by atoms with Gasteiger partial charge in [-0.3, -0.25) is 9.78 Å². The molecular weight excluding hydrogens is 268 g/mol. The Balaban J connectivity index is 2.18. The maximum atomic E-state index is 12.6. The van der Waals surface area contributed by atoms with Gasteiger partial charge in [0.2, 0.25) is 0 Å². The molecule has 0 aromatic carbocycles. The molecule has 1 amide bonds. The van der Waals surface area contributed by atoms with E-state index in [1.165, 1.54) is 12.3 Å². The van der Waals surface area contributed by atoms with Crippen LogP contribution in [0.25, 0.3) is 6.08 Å². The number of likely N-dealkylation sites (tertiary alicyclic amines) is 1. The maximum Gasteiger partial charge on any atom is 0.328 e. The number of pyridine rings is 1. The van der Waals surface area contributed by atoms with Gasteiger partial charge in [-0.1, -0.05) is 13.8 Å². The van der Waals surface area contributed by atoms with Crippen molar-refractivity contribution < 1.29 is 14.7 Å². The minimum Gasteiger partial charge on any atom is -0.478 e. The minimum atomic E-state index is -1.04. The largest absolute Gasteiger partial charge is 0.478 e. The SMILES string of the molecule is CC(C)C1CCN(C(=O)c2ccncc2/C=C/C(=O)O)C1. The summed E-state index contributed by atoms with van der Waals surface area (Å²) in [5, 5.41) is 8.71. The molecule has 5 nitrogen and oxygen atoms in total. The zero-order valence-electron chi connectivity index (χ0n) is 12.3. The second-order valence-electron chi connectivity index (χ2n) is 5.68. The van der Waals surface area contributed by atoms with Crippen molar-refractivity contribution >= 4 is 18.0 Å². The summed E-state index contributed by atoms with van der Waals surface area (Å²) in [7, 11) is 0. The number of aromatic nitrogens is 1. The smallest absolute Gasteiger partial charge is 0.328 e. The Morgan fingerprint density at radius 3 is 2.86 bits per heavy atom. The molecule has 112 valence electrons. The molecule has 21 heavy (non-hydrogen) atoms. The van der Waals surface area contributed by atoms with Gasteiger partial charge in [-0.2, -0.15) is 0 Å². The lowest BCUT2D eigenvalue weighted by Gasteiger charge is -2.19. The summed E-state index contributed by atoms with van der Waals surface area (Å²) in [6.45, 7) is 5.87. The lowest BCUT2D eigenvalue weighted by molar-refractivity contribution is -0.131. The fraction of sp³-hybridized carbons (Fsp3) is 0.438. The van der Waals surface area contributed by atoms with E-state index in [9.17, 15) is 9.59 Å². The first kappa shape index (κ1) is 15.2. The second-order valence-corrected chi connectivity index (χ2v) is 5.68. The highest BCUT2D eigenvalue weighted by atomic mass is 16.4. The molecule has 1 aromatic rings. The lowest BCUT2D eigenvalue weighted by atomic mass is 9.95. The van der Waals surface area contributed by atoms with E-state index in [2.05, 4.69) is 18.8 Å². The van der Waals surface area contributed by atoms with E-state index in [1.807, 2.05) is 4.90 Å². The molecule has 1 atom stereocenters. The van der Waals surface area contributed by atoms with Crippen LogP contribution in [0, 0.1) is 11.8 Å². The number of amides is 1. The van der Waals surface area contributed by atoms with E-state index in [-0.39, 0.29) is 5.91 Å². The van der Waals surface area contributed by atoms with Gasteiger partial charge in [0.05, 0.1) is 0 Å². The Kier molecular flexibility index (Phi) is 4.73. The molecule has 1 N–H and O–H groups in total. The van der Waals surface area contributed by atoms with Crippen molar-refractivity contribution in [2.24, 2.45) is 11.8 Å². The first-order valence-corrected chi connectivity index (χ1v) is 7.13. The third-order valence-electron chi connectivity index (χ3n) is 3.94. The molecule has 0 spiro atoms.